The van der Waals surface area contributed by atoms with Gasteiger partial charge in [0.15, 0.2) is 11.5 Å². The van der Waals surface area contributed by atoms with Crippen molar-refractivity contribution in [2.75, 3.05) is 38.4 Å². The van der Waals surface area contributed by atoms with Crippen molar-refractivity contribution in [2.24, 2.45) is 0 Å². The zero-order valence-electron chi connectivity index (χ0n) is 10.9. The number of fused-ring (bicyclic) bond motifs is 1. The molecule has 0 amide bonds. The van der Waals surface area contributed by atoms with Crippen molar-refractivity contribution in [2.45, 2.75) is 0 Å². The standard InChI is InChI=1S/C13H17N3O3/c1-18-10-7-9(14)11-8(12(10)19-2)3-4-15-13(11)16-5-6-17/h3-4,7,17H,5-6,14H2,1-2H3,(H,15,16). The first-order valence-electron chi connectivity index (χ1n) is 5.86. The average Bonchev–Trinajstić information content (AvgIpc) is 2.44. The van der Waals surface area contributed by atoms with Crippen molar-refractivity contribution in [1.82, 2.24) is 4.98 Å². The summed E-state index contributed by atoms with van der Waals surface area (Å²) in [6, 6.07) is 3.52. The molecule has 2 rings (SSSR count). The minimum absolute atomic E-state index is 0.0191. The highest BCUT2D eigenvalue weighted by atomic mass is 16.5. The smallest absolute Gasteiger partial charge is 0.168 e. The number of nitrogen functional groups attached to an aromatic ring is 1. The van der Waals surface area contributed by atoms with Gasteiger partial charge in [0.2, 0.25) is 0 Å². The van der Waals surface area contributed by atoms with Gasteiger partial charge in [0, 0.05) is 29.9 Å². The van der Waals surface area contributed by atoms with Gasteiger partial charge in [-0.15, -0.1) is 0 Å². The van der Waals surface area contributed by atoms with Gasteiger partial charge in [-0.25, -0.2) is 4.98 Å². The van der Waals surface area contributed by atoms with Crippen LogP contribution in [0, 0.1) is 0 Å². The number of nitrogens with one attached hydrogen (secondary N) is 1. The Balaban J connectivity index is 2.69. The lowest BCUT2D eigenvalue weighted by molar-refractivity contribution is 0.311. The van der Waals surface area contributed by atoms with Crippen molar-refractivity contribution in [3.05, 3.63) is 18.3 Å². The fourth-order valence-corrected chi connectivity index (χ4v) is 2.03. The number of benzene rings is 1. The summed E-state index contributed by atoms with van der Waals surface area (Å²) in [5.41, 5.74) is 6.59. The molecule has 6 nitrogen and oxygen atoms in total. The number of aliphatic hydroxyl groups is 1. The highest BCUT2D eigenvalue weighted by Gasteiger charge is 2.15. The first kappa shape index (κ1) is 13.2. The van der Waals surface area contributed by atoms with E-state index in [0.29, 0.717) is 29.5 Å². The molecule has 1 heterocycles. The Morgan fingerprint density at radius 2 is 2.16 bits per heavy atom. The zero-order chi connectivity index (χ0) is 13.8. The Morgan fingerprint density at radius 3 is 2.79 bits per heavy atom. The van der Waals surface area contributed by atoms with E-state index in [1.54, 1.807) is 26.5 Å². The number of pyridine rings is 1. The van der Waals surface area contributed by atoms with Gasteiger partial charge in [-0.1, -0.05) is 0 Å². The second-order valence-electron chi connectivity index (χ2n) is 3.93. The summed E-state index contributed by atoms with van der Waals surface area (Å²) < 4.78 is 10.6. The van der Waals surface area contributed by atoms with Gasteiger partial charge < -0.3 is 25.6 Å². The largest absolute Gasteiger partial charge is 0.493 e. The number of hydrogen-bond donors (Lipinski definition) is 3. The lowest BCUT2D eigenvalue weighted by Gasteiger charge is -2.15. The number of ether oxygens (including phenoxy) is 2. The minimum atomic E-state index is 0.0191. The zero-order valence-corrected chi connectivity index (χ0v) is 10.9. The van der Waals surface area contributed by atoms with Crippen LogP contribution in [0.5, 0.6) is 11.5 Å². The molecule has 6 heteroatoms. The first-order chi connectivity index (χ1) is 9.22. The number of aromatic nitrogens is 1. The van der Waals surface area contributed by atoms with E-state index in [2.05, 4.69) is 10.3 Å². The molecule has 0 saturated heterocycles. The van der Waals surface area contributed by atoms with E-state index >= 15 is 0 Å². The monoisotopic (exact) mass is 263 g/mol. The number of methoxy groups -OCH3 is 2. The van der Waals surface area contributed by atoms with Crippen LogP contribution in [0.4, 0.5) is 11.5 Å². The molecular weight excluding hydrogens is 246 g/mol. The summed E-state index contributed by atoms with van der Waals surface area (Å²) >= 11 is 0. The molecule has 19 heavy (non-hydrogen) atoms. The van der Waals surface area contributed by atoms with E-state index in [4.69, 9.17) is 20.3 Å². The summed E-state index contributed by atoms with van der Waals surface area (Å²) in [5.74, 6) is 1.80. The predicted octanol–water partition coefficient (Wildman–Crippen LogP) is 1.24. The van der Waals surface area contributed by atoms with Crippen molar-refractivity contribution in [1.29, 1.82) is 0 Å². The first-order valence-corrected chi connectivity index (χ1v) is 5.86. The molecule has 0 spiro atoms. The summed E-state index contributed by atoms with van der Waals surface area (Å²) in [6.07, 6.45) is 1.66. The lowest BCUT2D eigenvalue weighted by Crippen LogP contribution is -2.08. The van der Waals surface area contributed by atoms with Gasteiger partial charge in [-0.3, -0.25) is 0 Å². The predicted molar refractivity (Wildman–Crippen MR) is 74.8 cm³/mol. The maximum atomic E-state index is 8.89. The minimum Gasteiger partial charge on any atom is -0.493 e. The quantitative estimate of drug-likeness (QED) is 0.703. The normalized spacial score (nSPS) is 10.5. The Kier molecular flexibility index (Phi) is 3.91. The van der Waals surface area contributed by atoms with E-state index in [-0.39, 0.29) is 6.61 Å². The molecule has 0 fully saturated rings. The molecule has 0 bridgehead atoms. The molecule has 1 aromatic heterocycles. The van der Waals surface area contributed by atoms with E-state index < -0.39 is 0 Å². The van der Waals surface area contributed by atoms with Crippen LogP contribution in [0.3, 0.4) is 0 Å². The highest BCUT2D eigenvalue weighted by Crippen LogP contribution is 2.41. The van der Waals surface area contributed by atoms with Crippen LogP contribution in [-0.4, -0.2) is 37.5 Å². The number of nitrogens with zero attached hydrogens (tertiary/aromatic N) is 1. The van der Waals surface area contributed by atoms with Crippen LogP contribution < -0.4 is 20.5 Å². The molecule has 1 aromatic carbocycles. The van der Waals surface area contributed by atoms with Gasteiger partial charge in [-0.2, -0.15) is 0 Å². The van der Waals surface area contributed by atoms with Gasteiger partial charge in [-0.05, 0) is 6.07 Å². The molecule has 0 atom stereocenters. The number of nitrogens with two attached hydrogens (primary N) is 1. The Hall–Kier alpha value is -2.21. The van der Waals surface area contributed by atoms with Crippen LogP contribution in [0.2, 0.25) is 0 Å². The van der Waals surface area contributed by atoms with Crippen molar-refractivity contribution in [3.8, 4) is 11.5 Å². The van der Waals surface area contributed by atoms with Gasteiger partial charge in [0.05, 0.1) is 26.2 Å². The number of anilines is 2. The van der Waals surface area contributed by atoms with Crippen LogP contribution in [-0.2, 0) is 0 Å². The van der Waals surface area contributed by atoms with Crippen LogP contribution in [0.15, 0.2) is 18.3 Å². The Labute approximate surface area is 111 Å². The van der Waals surface area contributed by atoms with Crippen LogP contribution in [0.25, 0.3) is 10.8 Å². The van der Waals surface area contributed by atoms with E-state index in [1.807, 2.05) is 6.07 Å². The summed E-state index contributed by atoms with van der Waals surface area (Å²) in [6.45, 7) is 0.422. The number of aliphatic hydroxyl groups excluding tert-OH is 1. The third-order valence-corrected chi connectivity index (χ3v) is 2.82. The maximum Gasteiger partial charge on any atom is 0.168 e. The average molecular weight is 263 g/mol. The molecular formula is C13H17N3O3. The topological polar surface area (TPSA) is 89.6 Å². The summed E-state index contributed by atoms with van der Waals surface area (Å²) in [5, 5.41) is 13.5. The lowest BCUT2D eigenvalue weighted by atomic mass is 10.1. The second-order valence-corrected chi connectivity index (χ2v) is 3.93. The molecule has 0 saturated carbocycles. The van der Waals surface area contributed by atoms with E-state index in [1.165, 1.54) is 0 Å². The highest BCUT2D eigenvalue weighted by molar-refractivity contribution is 6.05. The van der Waals surface area contributed by atoms with Gasteiger partial charge in [0.1, 0.15) is 5.82 Å². The van der Waals surface area contributed by atoms with Crippen molar-refractivity contribution < 1.29 is 14.6 Å². The summed E-state index contributed by atoms with van der Waals surface area (Å²) in [4.78, 5) is 4.24. The Bertz CT molecular complexity index is 587. The third kappa shape index (κ3) is 2.34. The molecule has 0 aliphatic heterocycles. The van der Waals surface area contributed by atoms with Crippen LogP contribution >= 0.6 is 0 Å². The van der Waals surface area contributed by atoms with Crippen LogP contribution in [0.1, 0.15) is 0 Å². The molecule has 0 aliphatic rings. The maximum absolute atomic E-state index is 8.89. The fraction of sp³-hybridized carbons (Fsp3) is 0.308. The van der Waals surface area contributed by atoms with E-state index in [9.17, 15) is 0 Å². The third-order valence-electron chi connectivity index (χ3n) is 2.82. The van der Waals surface area contributed by atoms with Gasteiger partial charge in [0.25, 0.3) is 0 Å². The second kappa shape index (κ2) is 5.62. The van der Waals surface area contributed by atoms with E-state index in [0.717, 1.165) is 10.8 Å². The number of hydrogen-bond acceptors (Lipinski definition) is 6. The SMILES string of the molecule is COc1cc(N)c2c(NCCO)nccc2c1OC. The number of rotatable bonds is 5. The fourth-order valence-electron chi connectivity index (χ4n) is 2.03. The molecule has 4 N–H and O–H groups in total. The van der Waals surface area contributed by atoms with Gasteiger partial charge >= 0.3 is 0 Å². The Morgan fingerprint density at radius 1 is 1.37 bits per heavy atom. The molecule has 0 unspecified atom stereocenters. The molecule has 2 aromatic rings. The van der Waals surface area contributed by atoms with Crippen molar-refractivity contribution in [3.63, 3.8) is 0 Å². The summed E-state index contributed by atoms with van der Waals surface area (Å²) in [7, 11) is 3.14. The molecule has 0 aliphatic carbocycles. The molecule has 0 radical (unpaired) electrons. The molecule has 102 valence electrons. The van der Waals surface area contributed by atoms with Crippen molar-refractivity contribution >= 4 is 22.3 Å².